The lowest BCUT2D eigenvalue weighted by Crippen LogP contribution is -2.30. The summed E-state index contributed by atoms with van der Waals surface area (Å²) in [4.78, 5) is 22.0. The smallest absolute Gasteiger partial charge is 0.331 e. The van der Waals surface area contributed by atoms with Gasteiger partial charge in [-0.25, -0.2) is 9.59 Å². The first-order valence-corrected chi connectivity index (χ1v) is 5.65. The molecule has 0 aromatic heterocycles. The summed E-state index contributed by atoms with van der Waals surface area (Å²) >= 11 is 0. The average Bonchev–Trinajstić information content (AvgIpc) is 2.33. The first-order valence-electron chi connectivity index (χ1n) is 5.65. The van der Waals surface area contributed by atoms with Gasteiger partial charge in [0.15, 0.2) is 0 Å². The zero-order chi connectivity index (χ0) is 14.4. The molecule has 0 saturated heterocycles. The summed E-state index contributed by atoms with van der Waals surface area (Å²) < 4.78 is 0. The number of amides is 2. The minimum absolute atomic E-state index is 0.0266. The molecule has 0 atom stereocenters. The van der Waals surface area contributed by atoms with E-state index in [9.17, 15) is 14.7 Å². The van der Waals surface area contributed by atoms with Gasteiger partial charge in [-0.3, -0.25) is 0 Å². The van der Waals surface area contributed by atoms with Crippen molar-refractivity contribution >= 4 is 17.7 Å². The molecule has 0 radical (unpaired) electrons. The van der Waals surface area contributed by atoms with E-state index >= 15 is 0 Å². The van der Waals surface area contributed by atoms with Crippen LogP contribution in [0.25, 0.3) is 0 Å². The highest BCUT2D eigenvalue weighted by Gasteiger charge is 2.07. The first kappa shape index (κ1) is 14.6. The van der Waals surface area contributed by atoms with E-state index in [1.807, 2.05) is 6.92 Å². The molecule has 1 rings (SSSR count). The number of rotatable bonds is 5. The van der Waals surface area contributed by atoms with Crippen LogP contribution in [-0.4, -0.2) is 28.8 Å². The van der Waals surface area contributed by atoms with Crippen LogP contribution in [0.5, 0.6) is 5.75 Å². The van der Waals surface area contributed by atoms with Crippen LogP contribution in [0, 0.1) is 6.92 Å². The predicted molar refractivity (Wildman–Crippen MR) is 71.3 cm³/mol. The summed E-state index contributed by atoms with van der Waals surface area (Å²) in [6.07, 6.45) is 0.155. The highest BCUT2D eigenvalue weighted by Crippen LogP contribution is 2.23. The second-order valence-electron chi connectivity index (χ2n) is 4.06. The number of aromatic hydroxyl groups is 1. The maximum Gasteiger partial charge on any atom is 0.331 e. The van der Waals surface area contributed by atoms with Crippen molar-refractivity contribution in [2.24, 2.45) is 0 Å². The molecule has 1 aromatic carbocycles. The van der Waals surface area contributed by atoms with E-state index in [0.29, 0.717) is 5.69 Å². The zero-order valence-corrected chi connectivity index (χ0v) is 10.6. The lowest BCUT2D eigenvalue weighted by atomic mass is 10.2. The van der Waals surface area contributed by atoms with Crippen molar-refractivity contribution in [2.75, 3.05) is 11.9 Å². The number of urea groups is 1. The van der Waals surface area contributed by atoms with Crippen molar-refractivity contribution in [3.63, 3.8) is 0 Å². The molecule has 0 unspecified atom stereocenters. The minimum Gasteiger partial charge on any atom is -0.506 e. The van der Waals surface area contributed by atoms with Crippen molar-refractivity contribution in [3.8, 4) is 5.75 Å². The Morgan fingerprint density at radius 3 is 2.68 bits per heavy atom. The molecular formula is C13H16N2O4. The molecule has 0 aliphatic rings. The number of phenols is 1. The number of aliphatic carboxylic acids is 1. The van der Waals surface area contributed by atoms with Crippen molar-refractivity contribution in [3.05, 3.63) is 35.9 Å². The molecule has 4 N–H and O–H groups in total. The summed E-state index contributed by atoms with van der Waals surface area (Å²) in [5.74, 6) is -1.12. The molecule has 102 valence electrons. The number of hydrogen-bond donors (Lipinski definition) is 4. The van der Waals surface area contributed by atoms with E-state index in [0.717, 1.165) is 5.56 Å². The predicted octanol–water partition coefficient (Wildman–Crippen LogP) is 1.85. The van der Waals surface area contributed by atoms with Crippen molar-refractivity contribution < 1.29 is 19.8 Å². The van der Waals surface area contributed by atoms with Crippen LogP contribution < -0.4 is 10.6 Å². The van der Waals surface area contributed by atoms with E-state index in [1.165, 1.54) is 6.07 Å². The number of benzene rings is 1. The Kier molecular flexibility index (Phi) is 4.93. The maximum absolute atomic E-state index is 11.5. The molecule has 2 amide bonds. The lowest BCUT2D eigenvalue weighted by Gasteiger charge is -2.09. The van der Waals surface area contributed by atoms with Crippen LogP contribution in [-0.2, 0) is 4.79 Å². The SMILES string of the molecule is C=C(CCNC(=O)Nc1cc(C)ccc1O)C(=O)O. The topological polar surface area (TPSA) is 98.7 Å². The molecule has 6 heteroatoms. The number of carboxylic acids is 1. The maximum atomic E-state index is 11.5. The summed E-state index contributed by atoms with van der Waals surface area (Å²) in [5, 5.41) is 23.1. The zero-order valence-electron chi connectivity index (χ0n) is 10.6. The molecule has 6 nitrogen and oxygen atoms in total. The summed E-state index contributed by atoms with van der Waals surface area (Å²) in [5.41, 5.74) is 1.22. The molecule has 0 aliphatic carbocycles. The fourth-order valence-corrected chi connectivity index (χ4v) is 1.35. The summed E-state index contributed by atoms with van der Waals surface area (Å²) in [6, 6.07) is 4.32. The van der Waals surface area contributed by atoms with Crippen LogP contribution in [0.2, 0.25) is 0 Å². The van der Waals surface area contributed by atoms with Crippen molar-refractivity contribution in [1.82, 2.24) is 5.32 Å². The van der Waals surface area contributed by atoms with Gasteiger partial charge in [0, 0.05) is 12.1 Å². The second kappa shape index (κ2) is 6.44. The van der Waals surface area contributed by atoms with Gasteiger partial charge in [-0.2, -0.15) is 0 Å². The summed E-state index contributed by atoms with van der Waals surface area (Å²) in [7, 11) is 0. The Morgan fingerprint density at radius 1 is 1.37 bits per heavy atom. The van der Waals surface area contributed by atoms with E-state index in [1.54, 1.807) is 12.1 Å². The van der Waals surface area contributed by atoms with Gasteiger partial charge in [0.2, 0.25) is 0 Å². The quantitative estimate of drug-likeness (QED) is 0.482. The summed E-state index contributed by atoms with van der Waals surface area (Å²) in [6.45, 7) is 5.34. The Bertz CT molecular complexity index is 511. The minimum atomic E-state index is -1.08. The molecule has 0 heterocycles. The van der Waals surface area contributed by atoms with Gasteiger partial charge in [-0.15, -0.1) is 0 Å². The monoisotopic (exact) mass is 264 g/mol. The molecule has 0 saturated carbocycles. The third-order valence-electron chi connectivity index (χ3n) is 2.42. The number of aryl methyl sites for hydroxylation is 1. The van der Waals surface area contributed by atoms with Gasteiger partial charge >= 0.3 is 12.0 Å². The molecule has 1 aromatic rings. The number of carbonyl (C=O) groups excluding carboxylic acids is 1. The number of hydrogen-bond acceptors (Lipinski definition) is 3. The molecule has 0 spiro atoms. The van der Waals surface area contributed by atoms with Crippen LogP contribution in [0.1, 0.15) is 12.0 Å². The van der Waals surface area contributed by atoms with Crippen LogP contribution in [0.3, 0.4) is 0 Å². The van der Waals surface area contributed by atoms with E-state index < -0.39 is 12.0 Å². The first-order chi connectivity index (χ1) is 8.90. The van der Waals surface area contributed by atoms with E-state index in [2.05, 4.69) is 17.2 Å². The second-order valence-corrected chi connectivity index (χ2v) is 4.06. The van der Waals surface area contributed by atoms with Crippen molar-refractivity contribution in [2.45, 2.75) is 13.3 Å². The fraction of sp³-hybridized carbons (Fsp3) is 0.231. The number of anilines is 1. The van der Waals surface area contributed by atoms with E-state index in [4.69, 9.17) is 5.11 Å². The molecule has 19 heavy (non-hydrogen) atoms. The fourth-order valence-electron chi connectivity index (χ4n) is 1.35. The third-order valence-corrected chi connectivity index (χ3v) is 2.42. The number of carboxylic acid groups (broad SMARTS) is 1. The van der Waals surface area contributed by atoms with Crippen LogP contribution >= 0.6 is 0 Å². The van der Waals surface area contributed by atoms with Gasteiger partial charge < -0.3 is 20.8 Å². The van der Waals surface area contributed by atoms with Crippen LogP contribution in [0.15, 0.2) is 30.4 Å². The van der Waals surface area contributed by atoms with E-state index in [-0.39, 0.29) is 24.3 Å². The molecule has 0 fully saturated rings. The van der Waals surface area contributed by atoms with Gasteiger partial charge in [0.1, 0.15) is 5.75 Å². The number of nitrogens with one attached hydrogen (secondary N) is 2. The lowest BCUT2D eigenvalue weighted by molar-refractivity contribution is -0.132. The molecule has 0 aliphatic heterocycles. The normalized spacial score (nSPS) is 9.74. The third kappa shape index (κ3) is 4.71. The largest absolute Gasteiger partial charge is 0.506 e. The standard InChI is InChI=1S/C13H16N2O4/c1-8-3-4-11(16)10(7-8)15-13(19)14-6-5-9(2)12(17)18/h3-4,7,16H,2,5-6H2,1H3,(H,17,18)(H2,14,15,19). The van der Waals surface area contributed by atoms with Gasteiger partial charge in [-0.1, -0.05) is 12.6 Å². The van der Waals surface area contributed by atoms with Gasteiger partial charge in [0.05, 0.1) is 5.69 Å². The van der Waals surface area contributed by atoms with Gasteiger partial charge in [0.25, 0.3) is 0 Å². The highest BCUT2D eigenvalue weighted by atomic mass is 16.4. The van der Waals surface area contributed by atoms with Gasteiger partial charge in [-0.05, 0) is 31.0 Å². The Labute approximate surface area is 110 Å². The Balaban J connectivity index is 2.45. The Morgan fingerprint density at radius 2 is 2.05 bits per heavy atom. The Hall–Kier alpha value is -2.50. The van der Waals surface area contributed by atoms with Crippen molar-refractivity contribution in [1.29, 1.82) is 0 Å². The highest BCUT2D eigenvalue weighted by molar-refractivity contribution is 5.91. The number of phenolic OH excluding ortho intramolecular Hbond substituents is 1. The van der Waals surface area contributed by atoms with Crippen LogP contribution in [0.4, 0.5) is 10.5 Å². The molecule has 0 bridgehead atoms. The molecular weight excluding hydrogens is 248 g/mol. The average molecular weight is 264 g/mol. The number of carbonyl (C=O) groups is 2.